The minimum atomic E-state index is -0.686. The molecular weight excluding hydrogens is 925 g/mol. The molecule has 0 bridgehead atoms. The van der Waals surface area contributed by atoms with E-state index in [0.717, 1.165) is 133 Å². The van der Waals surface area contributed by atoms with Crippen LogP contribution in [0, 0.1) is 0 Å². The summed E-state index contributed by atoms with van der Waals surface area (Å²) in [6.45, 7) is 25.0. The Bertz CT molecular complexity index is 1830. The highest BCUT2D eigenvalue weighted by molar-refractivity contribution is 5.87. The van der Waals surface area contributed by atoms with E-state index in [1.54, 1.807) is 0 Å². The van der Waals surface area contributed by atoms with E-state index in [0.29, 0.717) is 58.6 Å². The SMILES string of the molecule is CCCC(=O)N[C@@H](Cc1ccc(OCc2ccccc2)cc1)C(=O)NCCCN(CCCCCCCCN(CCCCCCNC(=O)OC(C)(C)C)C(=O)OC(C)(C)C)CCCCCCNC(=O)OC(C)(C)C. The van der Waals surface area contributed by atoms with Crippen LogP contribution in [-0.2, 0) is 36.8 Å². The molecule has 0 aromatic heterocycles. The second-order valence-electron chi connectivity index (χ2n) is 22.3. The number of carbonyl (C=O) groups is 5. The van der Waals surface area contributed by atoms with Crippen molar-refractivity contribution in [3.63, 3.8) is 0 Å². The molecule has 0 saturated carbocycles. The van der Waals surface area contributed by atoms with Gasteiger partial charge in [-0.05, 0) is 157 Å². The van der Waals surface area contributed by atoms with Gasteiger partial charge in [-0.15, -0.1) is 0 Å². The Morgan fingerprint density at radius 2 is 0.959 bits per heavy atom. The molecule has 73 heavy (non-hydrogen) atoms. The monoisotopic (exact) mass is 1020 g/mol. The third-order valence-corrected chi connectivity index (χ3v) is 11.6. The predicted octanol–water partition coefficient (Wildman–Crippen LogP) is 11.6. The van der Waals surface area contributed by atoms with E-state index < -0.39 is 28.9 Å². The highest BCUT2D eigenvalue weighted by atomic mass is 16.6. The van der Waals surface area contributed by atoms with Crippen LogP contribution in [0.2, 0.25) is 0 Å². The van der Waals surface area contributed by atoms with Crippen molar-refractivity contribution in [1.29, 1.82) is 0 Å². The van der Waals surface area contributed by atoms with Gasteiger partial charge in [-0.25, -0.2) is 14.4 Å². The molecule has 4 N–H and O–H groups in total. The van der Waals surface area contributed by atoms with E-state index in [2.05, 4.69) is 26.2 Å². The number of ether oxygens (including phenoxy) is 4. The molecule has 0 fully saturated rings. The van der Waals surface area contributed by atoms with Gasteiger partial charge in [0.25, 0.3) is 0 Å². The molecule has 2 aromatic carbocycles. The summed E-state index contributed by atoms with van der Waals surface area (Å²) < 4.78 is 22.4. The fourth-order valence-electron chi connectivity index (χ4n) is 7.94. The number of hydrogen-bond acceptors (Lipinski definition) is 10. The van der Waals surface area contributed by atoms with Crippen molar-refractivity contribution in [2.24, 2.45) is 0 Å². The number of hydrogen-bond donors (Lipinski definition) is 4. The normalized spacial score (nSPS) is 12.2. The predicted molar refractivity (Wildman–Crippen MR) is 293 cm³/mol. The molecule has 0 radical (unpaired) electrons. The average molecular weight is 1020 g/mol. The number of alkyl carbamates (subject to hydrolysis) is 2. The molecule has 414 valence electrons. The lowest BCUT2D eigenvalue weighted by Gasteiger charge is -2.27. The van der Waals surface area contributed by atoms with Crippen LogP contribution in [0.3, 0.4) is 0 Å². The fraction of sp³-hybridized carbons (Fsp3) is 0.707. The van der Waals surface area contributed by atoms with Gasteiger partial charge >= 0.3 is 18.3 Å². The van der Waals surface area contributed by atoms with Crippen LogP contribution in [0.4, 0.5) is 14.4 Å². The number of carbonyl (C=O) groups excluding carboxylic acids is 5. The van der Waals surface area contributed by atoms with Crippen LogP contribution < -0.4 is 26.0 Å². The van der Waals surface area contributed by atoms with Gasteiger partial charge in [0.1, 0.15) is 35.2 Å². The molecule has 0 saturated heterocycles. The maximum Gasteiger partial charge on any atom is 0.410 e. The third kappa shape index (κ3) is 34.9. The van der Waals surface area contributed by atoms with Gasteiger partial charge in [0, 0.05) is 45.6 Å². The van der Waals surface area contributed by atoms with Crippen molar-refractivity contribution < 1.29 is 42.9 Å². The molecule has 0 aliphatic rings. The number of unbranched alkanes of at least 4 members (excludes halogenated alkanes) is 11. The van der Waals surface area contributed by atoms with E-state index in [-0.39, 0.29) is 24.0 Å². The van der Waals surface area contributed by atoms with Crippen LogP contribution in [0.1, 0.15) is 190 Å². The molecule has 5 amide bonds. The molecule has 2 rings (SSSR count). The lowest BCUT2D eigenvalue weighted by molar-refractivity contribution is -0.129. The van der Waals surface area contributed by atoms with Gasteiger partial charge in [0.2, 0.25) is 11.8 Å². The molecule has 0 unspecified atom stereocenters. The molecule has 15 heteroatoms. The zero-order valence-corrected chi connectivity index (χ0v) is 46.9. The minimum absolute atomic E-state index is 0.133. The first-order valence-electron chi connectivity index (χ1n) is 27.6. The maximum atomic E-state index is 13.6. The van der Waals surface area contributed by atoms with E-state index >= 15 is 0 Å². The van der Waals surface area contributed by atoms with E-state index in [1.165, 1.54) is 0 Å². The van der Waals surface area contributed by atoms with Crippen LogP contribution in [0.15, 0.2) is 54.6 Å². The summed E-state index contributed by atoms with van der Waals surface area (Å²) in [5.41, 5.74) is 0.420. The third-order valence-electron chi connectivity index (χ3n) is 11.6. The largest absolute Gasteiger partial charge is 0.489 e. The Hall–Kier alpha value is -5.05. The number of nitrogens with one attached hydrogen (secondary N) is 4. The summed E-state index contributed by atoms with van der Waals surface area (Å²) >= 11 is 0. The first-order chi connectivity index (χ1) is 34.6. The summed E-state index contributed by atoms with van der Waals surface area (Å²) in [6, 6.07) is 17.0. The molecule has 15 nitrogen and oxygen atoms in total. The quantitative estimate of drug-likeness (QED) is 0.0379. The fourth-order valence-corrected chi connectivity index (χ4v) is 7.94. The number of amides is 5. The smallest absolute Gasteiger partial charge is 0.410 e. The highest BCUT2D eigenvalue weighted by Gasteiger charge is 2.23. The minimum Gasteiger partial charge on any atom is -0.489 e. The molecule has 0 aliphatic carbocycles. The van der Waals surface area contributed by atoms with Gasteiger partial charge in [-0.2, -0.15) is 0 Å². The Labute approximate surface area is 440 Å². The maximum absolute atomic E-state index is 13.6. The van der Waals surface area contributed by atoms with Crippen LogP contribution >= 0.6 is 0 Å². The lowest BCUT2D eigenvalue weighted by Crippen LogP contribution is -2.48. The summed E-state index contributed by atoms with van der Waals surface area (Å²) in [7, 11) is 0. The van der Waals surface area contributed by atoms with Crippen molar-refractivity contribution in [2.75, 3.05) is 52.4 Å². The zero-order valence-electron chi connectivity index (χ0n) is 46.9. The van der Waals surface area contributed by atoms with Crippen LogP contribution in [0.5, 0.6) is 5.75 Å². The zero-order chi connectivity index (χ0) is 54.0. The molecule has 0 heterocycles. The standard InChI is InChI=1S/C58H98N6O9/c1-11-30-51(65)62-50(45-47-33-35-49(36-34-47)70-46-48-31-21-20-22-32-48)52(66)59-39-29-42-63(41-26-18-14-23-37-60-53(67)71-56(2,3)4)40-25-16-12-13-17-27-43-64(55(69)73-58(8,9)10)44-28-19-15-24-38-61-54(68)72-57(5,6)7/h20-22,31-36,50H,11-19,23-30,37-46H2,1-10H3,(H,59,66)(H,60,67)(H,61,68)(H,62,65)/t50-/m0/s1. The van der Waals surface area contributed by atoms with Gasteiger partial charge in [0.15, 0.2) is 0 Å². The first-order valence-corrected chi connectivity index (χ1v) is 27.6. The second kappa shape index (κ2) is 36.0. The Balaban J connectivity index is 1.87. The molecule has 2 aromatic rings. The van der Waals surface area contributed by atoms with Crippen molar-refractivity contribution >= 4 is 30.1 Å². The average Bonchev–Trinajstić information content (AvgIpc) is 3.30. The van der Waals surface area contributed by atoms with E-state index in [9.17, 15) is 24.0 Å². The van der Waals surface area contributed by atoms with Crippen molar-refractivity contribution in [3.05, 3.63) is 65.7 Å². The Morgan fingerprint density at radius 1 is 0.507 bits per heavy atom. The molecule has 1 atom stereocenters. The highest BCUT2D eigenvalue weighted by Crippen LogP contribution is 2.18. The summed E-state index contributed by atoms with van der Waals surface area (Å²) in [5, 5.41) is 11.8. The van der Waals surface area contributed by atoms with E-state index in [1.807, 2.05) is 129 Å². The second-order valence-corrected chi connectivity index (χ2v) is 22.3. The van der Waals surface area contributed by atoms with Crippen molar-refractivity contribution in [1.82, 2.24) is 31.1 Å². The number of rotatable bonds is 36. The molecule has 0 spiro atoms. The van der Waals surface area contributed by atoms with Crippen molar-refractivity contribution in [3.8, 4) is 5.75 Å². The van der Waals surface area contributed by atoms with Gasteiger partial charge < -0.3 is 50.0 Å². The van der Waals surface area contributed by atoms with Crippen molar-refractivity contribution in [2.45, 2.75) is 214 Å². The summed E-state index contributed by atoms with van der Waals surface area (Å²) in [4.78, 5) is 67.8. The first kappa shape index (κ1) is 64.1. The van der Waals surface area contributed by atoms with Gasteiger partial charge in [-0.1, -0.05) is 101 Å². The number of benzene rings is 2. The summed E-state index contributed by atoms with van der Waals surface area (Å²) in [6.07, 6.45) is 15.2. The lowest BCUT2D eigenvalue weighted by atomic mass is 10.0. The molecule has 0 aliphatic heterocycles. The topological polar surface area (TPSA) is 177 Å². The number of nitrogens with zero attached hydrogens (tertiary/aromatic N) is 2. The molecular formula is C58H98N6O9. The Kier molecular flexibility index (Phi) is 31.6. The Morgan fingerprint density at radius 3 is 1.45 bits per heavy atom. The van der Waals surface area contributed by atoms with Gasteiger partial charge in [0.05, 0.1) is 0 Å². The van der Waals surface area contributed by atoms with Crippen LogP contribution in [0.25, 0.3) is 0 Å². The van der Waals surface area contributed by atoms with Crippen LogP contribution in [-0.4, -0.2) is 115 Å². The summed E-state index contributed by atoms with van der Waals surface area (Å²) in [5.74, 6) is 0.424. The van der Waals surface area contributed by atoms with E-state index in [4.69, 9.17) is 18.9 Å². The van der Waals surface area contributed by atoms with Gasteiger partial charge in [-0.3, -0.25) is 9.59 Å².